The van der Waals surface area contributed by atoms with Crippen molar-refractivity contribution < 1.29 is 53.1 Å². The molecule has 10 atom stereocenters. The molecule has 2 N–H and O–H groups in total. The molecule has 2 heterocycles. The zero-order valence-corrected chi connectivity index (χ0v) is 21.8. The standard InChI is InChI=1S/C26H34O11/c1-11-8-20-26(25(7,37-26)23(32)36-20)22(31)21-12(2)16(30)9-18(34-14(4)28)24(21,6)19(35-15(5)29)10-17(11)33-13(3)27/h8,16-22,30-31H,2,9-10H2,1,3-7H3/b11-8+/t16-,17-,18+,19+,20+,21-,22+,24-,25?,26+/m1/s1. The van der Waals surface area contributed by atoms with Crippen LogP contribution >= 0.6 is 0 Å². The van der Waals surface area contributed by atoms with Gasteiger partial charge in [-0.2, -0.15) is 0 Å². The number of carbonyl (C=O) groups excluding carboxylic acids is 4. The molecule has 204 valence electrons. The Hall–Kier alpha value is -2.76. The van der Waals surface area contributed by atoms with Crippen molar-refractivity contribution in [2.45, 2.75) is 102 Å². The van der Waals surface area contributed by atoms with E-state index in [1.807, 2.05) is 0 Å². The van der Waals surface area contributed by atoms with Gasteiger partial charge in [0.1, 0.15) is 18.3 Å². The molecule has 37 heavy (non-hydrogen) atoms. The van der Waals surface area contributed by atoms with Crippen LogP contribution in [0.1, 0.15) is 54.4 Å². The SMILES string of the molecule is C=C1[C@H](O)C[C@H](OC(C)=O)[C@]2(C)[C@@H](OC(C)=O)C[C@@H](OC(C)=O)/C(C)=C/[C@@H]3OC(=O)C4(C)O[C@]34[C@@H](O)[C@@H]12. The average Bonchev–Trinajstić information content (AvgIpc) is 3.36. The molecule has 2 aliphatic heterocycles. The molecule has 0 amide bonds. The summed E-state index contributed by atoms with van der Waals surface area (Å²) in [6.45, 7) is 12.5. The van der Waals surface area contributed by atoms with Crippen LogP contribution in [0.4, 0.5) is 0 Å². The number of epoxide rings is 1. The van der Waals surface area contributed by atoms with E-state index in [0.29, 0.717) is 5.57 Å². The molecule has 1 saturated carbocycles. The van der Waals surface area contributed by atoms with Crippen LogP contribution in [-0.2, 0) is 42.9 Å². The van der Waals surface area contributed by atoms with E-state index in [-0.39, 0.29) is 18.4 Å². The normalized spacial score (nSPS) is 46.2. The fourth-order valence-electron chi connectivity index (χ4n) is 6.51. The third kappa shape index (κ3) is 3.98. The second-order valence-corrected chi connectivity index (χ2v) is 10.8. The van der Waals surface area contributed by atoms with Gasteiger partial charge in [-0.25, -0.2) is 4.79 Å². The quantitative estimate of drug-likeness (QED) is 0.235. The summed E-state index contributed by atoms with van der Waals surface area (Å²) in [5.74, 6) is -3.66. The van der Waals surface area contributed by atoms with E-state index < -0.39 is 83.0 Å². The number of aliphatic hydroxyl groups excluding tert-OH is 2. The fourth-order valence-corrected chi connectivity index (χ4v) is 6.51. The molecule has 11 nitrogen and oxygen atoms in total. The largest absolute Gasteiger partial charge is 0.462 e. The van der Waals surface area contributed by atoms with Crippen LogP contribution in [0.3, 0.4) is 0 Å². The van der Waals surface area contributed by atoms with Gasteiger partial charge in [0.05, 0.1) is 17.6 Å². The van der Waals surface area contributed by atoms with Gasteiger partial charge in [-0.3, -0.25) is 14.4 Å². The minimum Gasteiger partial charge on any atom is -0.462 e. The lowest BCUT2D eigenvalue weighted by Crippen LogP contribution is -2.64. The Labute approximate surface area is 214 Å². The Bertz CT molecular complexity index is 1080. The van der Waals surface area contributed by atoms with Crippen molar-refractivity contribution in [2.75, 3.05) is 0 Å². The first-order valence-electron chi connectivity index (χ1n) is 12.3. The number of ether oxygens (including phenoxy) is 5. The van der Waals surface area contributed by atoms with Gasteiger partial charge in [0.2, 0.25) is 0 Å². The van der Waals surface area contributed by atoms with Crippen LogP contribution in [0.5, 0.6) is 0 Å². The van der Waals surface area contributed by atoms with Crippen LogP contribution in [0, 0.1) is 11.3 Å². The van der Waals surface area contributed by atoms with E-state index >= 15 is 0 Å². The number of hydrogen-bond acceptors (Lipinski definition) is 11. The van der Waals surface area contributed by atoms with Crippen LogP contribution < -0.4 is 0 Å². The van der Waals surface area contributed by atoms with E-state index in [0.717, 1.165) is 0 Å². The highest BCUT2D eigenvalue weighted by molar-refractivity contribution is 5.89. The van der Waals surface area contributed by atoms with Crippen LogP contribution in [0.15, 0.2) is 23.8 Å². The Morgan fingerprint density at radius 1 is 1.00 bits per heavy atom. The average molecular weight is 523 g/mol. The van der Waals surface area contributed by atoms with Gasteiger partial charge in [0.15, 0.2) is 17.3 Å². The molecular formula is C26H34O11. The molecule has 0 bridgehead atoms. The number of esters is 4. The van der Waals surface area contributed by atoms with Crippen LogP contribution in [0.25, 0.3) is 0 Å². The van der Waals surface area contributed by atoms with Gasteiger partial charge >= 0.3 is 23.9 Å². The van der Waals surface area contributed by atoms with Gasteiger partial charge in [0.25, 0.3) is 0 Å². The molecule has 1 spiro atoms. The van der Waals surface area contributed by atoms with Crippen molar-refractivity contribution >= 4 is 23.9 Å². The highest BCUT2D eigenvalue weighted by atomic mass is 16.7. The lowest BCUT2D eigenvalue weighted by atomic mass is 9.55. The molecule has 0 aromatic heterocycles. The van der Waals surface area contributed by atoms with Gasteiger partial charge in [0, 0.05) is 39.5 Å². The van der Waals surface area contributed by atoms with Crippen molar-refractivity contribution in [3.8, 4) is 0 Å². The van der Waals surface area contributed by atoms with Gasteiger partial charge in [-0.05, 0) is 31.1 Å². The minimum absolute atomic E-state index is 0.0614. The topological polar surface area (TPSA) is 158 Å². The lowest BCUT2D eigenvalue weighted by Gasteiger charge is -2.54. The lowest BCUT2D eigenvalue weighted by molar-refractivity contribution is -0.203. The molecule has 4 rings (SSSR count). The first kappa shape index (κ1) is 27.3. The summed E-state index contributed by atoms with van der Waals surface area (Å²) in [5, 5.41) is 22.9. The van der Waals surface area contributed by atoms with Gasteiger partial charge < -0.3 is 33.9 Å². The maximum absolute atomic E-state index is 12.8. The summed E-state index contributed by atoms with van der Waals surface area (Å²) in [6, 6.07) is 0. The molecule has 2 saturated heterocycles. The Kier molecular flexibility index (Phi) is 6.58. The number of rotatable bonds is 3. The Balaban J connectivity index is 1.98. The van der Waals surface area contributed by atoms with Crippen LogP contribution in [0.2, 0.25) is 0 Å². The minimum atomic E-state index is -1.57. The summed E-state index contributed by atoms with van der Waals surface area (Å²) in [5.41, 5.74) is -3.78. The smallest absolute Gasteiger partial charge is 0.342 e. The molecule has 0 aromatic carbocycles. The first-order chi connectivity index (χ1) is 17.1. The molecule has 1 unspecified atom stereocenters. The zero-order valence-electron chi connectivity index (χ0n) is 21.8. The third-order valence-corrected chi connectivity index (χ3v) is 8.48. The maximum atomic E-state index is 12.8. The van der Waals surface area contributed by atoms with E-state index in [4.69, 9.17) is 23.7 Å². The summed E-state index contributed by atoms with van der Waals surface area (Å²) in [4.78, 5) is 49.3. The molecule has 2 aliphatic carbocycles. The van der Waals surface area contributed by atoms with Crippen molar-refractivity contribution in [2.24, 2.45) is 11.3 Å². The van der Waals surface area contributed by atoms with E-state index in [1.165, 1.54) is 27.7 Å². The molecule has 3 fully saturated rings. The Morgan fingerprint density at radius 2 is 1.54 bits per heavy atom. The summed E-state index contributed by atoms with van der Waals surface area (Å²) < 4.78 is 28.6. The van der Waals surface area contributed by atoms with E-state index in [1.54, 1.807) is 19.9 Å². The predicted molar refractivity (Wildman–Crippen MR) is 125 cm³/mol. The monoisotopic (exact) mass is 522 g/mol. The summed E-state index contributed by atoms with van der Waals surface area (Å²) in [6.07, 6.45) is -5.35. The molecular weight excluding hydrogens is 488 g/mol. The van der Waals surface area contributed by atoms with Gasteiger partial charge in [-0.1, -0.05) is 13.5 Å². The molecule has 0 radical (unpaired) electrons. The fraction of sp³-hybridized carbons (Fsp3) is 0.692. The van der Waals surface area contributed by atoms with Crippen molar-refractivity contribution in [3.63, 3.8) is 0 Å². The second kappa shape index (κ2) is 8.92. The number of hydrogen-bond donors (Lipinski definition) is 2. The molecule has 0 aromatic rings. The highest BCUT2D eigenvalue weighted by Gasteiger charge is 2.86. The molecule has 11 heteroatoms. The van der Waals surface area contributed by atoms with E-state index in [9.17, 15) is 29.4 Å². The highest BCUT2D eigenvalue weighted by Crippen LogP contribution is 2.64. The van der Waals surface area contributed by atoms with Crippen LogP contribution in [-0.4, -0.2) is 81.9 Å². The predicted octanol–water partition coefficient (Wildman–Crippen LogP) is 0.889. The number of aliphatic hydroxyl groups is 2. The molecule has 4 aliphatic rings. The van der Waals surface area contributed by atoms with E-state index in [2.05, 4.69) is 6.58 Å². The summed E-state index contributed by atoms with van der Waals surface area (Å²) >= 11 is 0. The van der Waals surface area contributed by atoms with Crippen molar-refractivity contribution in [1.82, 2.24) is 0 Å². The summed E-state index contributed by atoms with van der Waals surface area (Å²) in [7, 11) is 0. The van der Waals surface area contributed by atoms with Crippen molar-refractivity contribution in [3.05, 3.63) is 23.8 Å². The number of carbonyl (C=O) groups is 4. The number of fused-ring (bicyclic) bond motifs is 1. The zero-order chi connectivity index (χ0) is 27.7. The van der Waals surface area contributed by atoms with Crippen molar-refractivity contribution in [1.29, 1.82) is 0 Å². The first-order valence-corrected chi connectivity index (χ1v) is 12.3. The Morgan fingerprint density at radius 3 is 2.05 bits per heavy atom. The van der Waals surface area contributed by atoms with Gasteiger partial charge in [-0.15, -0.1) is 0 Å². The second-order valence-electron chi connectivity index (χ2n) is 10.8. The maximum Gasteiger partial charge on any atom is 0.342 e. The third-order valence-electron chi connectivity index (χ3n) is 8.48.